The standard InChI is InChI=1S/C12H15F3N2O2/c1-8(19-7-12(13,14)15)11(18)17-10-4-2-9(6-16)3-5-10/h2-5,8H,6-7,16H2,1H3,(H,17,18). The van der Waals surface area contributed by atoms with Gasteiger partial charge in [-0.3, -0.25) is 4.79 Å². The van der Waals surface area contributed by atoms with Crippen molar-refractivity contribution < 1.29 is 22.7 Å². The number of alkyl halides is 3. The average molecular weight is 276 g/mol. The van der Waals surface area contributed by atoms with E-state index < -0.39 is 24.8 Å². The van der Waals surface area contributed by atoms with Crippen molar-refractivity contribution in [3.8, 4) is 0 Å². The Balaban J connectivity index is 2.49. The lowest BCUT2D eigenvalue weighted by Crippen LogP contribution is -2.31. The van der Waals surface area contributed by atoms with Gasteiger partial charge in [-0.05, 0) is 24.6 Å². The smallest absolute Gasteiger partial charge is 0.359 e. The molecule has 1 unspecified atom stereocenters. The van der Waals surface area contributed by atoms with Crippen molar-refractivity contribution >= 4 is 11.6 Å². The molecule has 0 radical (unpaired) electrons. The predicted octanol–water partition coefficient (Wildman–Crippen LogP) is 2.05. The fourth-order valence-electron chi connectivity index (χ4n) is 1.26. The number of hydrogen-bond acceptors (Lipinski definition) is 3. The van der Waals surface area contributed by atoms with Crippen LogP contribution in [0.2, 0.25) is 0 Å². The molecule has 0 aliphatic heterocycles. The van der Waals surface area contributed by atoms with Crippen LogP contribution in [0, 0.1) is 0 Å². The molecule has 4 nitrogen and oxygen atoms in total. The van der Waals surface area contributed by atoms with Gasteiger partial charge in [-0.2, -0.15) is 13.2 Å². The Hall–Kier alpha value is -1.60. The predicted molar refractivity (Wildman–Crippen MR) is 64.4 cm³/mol. The van der Waals surface area contributed by atoms with Crippen molar-refractivity contribution in [2.24, 2.45) is 5.73 Å². The molecule has 0 aliphatic carbocycles. The maximum Gasteiger partial charge on any atom is 0.411 e. The van der Waals surface area contributed by atoms with Crippen LogP contribution in [0.4, 0.5) is 18.9 Å². The van der Waals surface area contributed by atoms with Gasteiger partial charge in [0.05, 0.1) is 0 Å². The van der Waals surface area contributed by atoms with Gasteiger partial charge < -0.3 is 15.8 Å². The van der Waals surface area contributed by atoms with E-state index >= 15 is 0 Å². The van der Waals surface area contributed by atoms with E-state index in [-0.39, 0.29) is 0 Å². The summed E-state index contributed by atoms with van der Waals surface area (Å²) >= 11 is 0. The fraction of sp³-hybridized carbons (Fsp3) is 0.417. The molecule has 0 saturated carbocycles. The van der Waals surface area contributed by atoms with Gasteiger partial charge in [0.1, 0.15) is 12.7 Å². The highest BCUT2D eigenvalue weighted by Gasteiger charge is 2.29. The summed E-state index contributed by atoms with van der Waals surface area (Å²) < 4.78 is 40.2. The van der Waals surface area contributed by atoms with Crippen LogP contribution in [0.1, 0.15) is 12.5 Å². The second-order valence-electron chi connectivity index (χ2n) is 3.96. The van der Waals surface area contributed by atoms with Crippen LogP contribution in [0.15, 0.2) is 24.3 Å². The van der Waals surface area contributed by atoms with Crippen molar-refractivity contribution in [2.75, 3.05) is 11.9 Å². The molecule has 0 heterocycles. The van der Waals surface area contributed by atoms with Gasteiger partial charge in [0.2, 0.25) is 0 Å². The number of anilines is 1. The third-order valence-corrected chi connectivity index (χ3v) is 2.32. The SMILES string of the molecule is CC(OCC(F)(F)F)C(=O)Nc1ccc(CN)cc1. The number of rotatable bonds is 5. The average Bonchev–Trinajstić information content (AvgIpc) is 2.36. The topological polar surface area (TPSA) is 64.3 Å². The second-order valence-corrected chi connectivity index (χ2v) is 3.96. The van der Waals surface area contributed by atoms with Gasteiger partial charge >= 0.3 is 6.18 Å². The number of halogens is 3. The quantitative estimate of drug-likeness (QED) is 0.865. The number of carbonyl (C=O) groups is 1. The zero-order valence-electron chi connectivity index (χ0n) is 10.3. The fourth-order valence-corrected chi connectivity index (χ4v) is 1.26. The summed E-state index contributed by atoms with van der Waals surface area (Å²) in [6.07, 6.45) is -5.63. The van der Waals surface area contributed by atoms with Crippen LogP contribution >= 0.6 is 0 Å². The van der Waals surface area contributed by atoms with E-state index in [1.165, 1.54) is 6.92 Å². The van der Waals surface area contributed by atoms with Gasteiger partial charge in [0.15, 0.2) is 0 Å². The third kappa shape index (κ3) is 5.71. The lowest BCUT2D eigenvalue weighted by molar-refractivity contribution is -0.184. The van der Waals surface area contributed by atoms with Crippen LogP contribution in [-0.4, -0.2) is 24.8 Å². The zero-order chi connectivity index (χ0) is 14.5. The van der Waals surface area contributed by atoms with E-state index in [1.54, 1.807) is 24.3 Å². The molecule has 0 bridgehead atoms. The minimum absolute atomic E-state index is 0.374. The Labute approximate surface area is 108 Å². The molecule has 0 spiro atoms. The molecule has 0 saturated heterocycles. The van der Waals surface area contributed by atoms with Gasteiger partial charge in [-0.25, -0.2) is 0 Å². The van der Waals surface area contributed by atoms with E-state index in [0.29, 0.717) is 12.2 Å². The van der Waals surface area contributed by atoms with Crippen LogP contribution < -0.4 is 11.1 Å². The lowest BCUT2D eigenvalue weighted by Gasteiger charge is -2.14. The summed E-state index contributed by atoms with van der Waals surface area (Å²) in [6, 6.07) is 6.68. The number of nitrogens with two attached hydrogens (primary N) is 1. The normalized spacial score (nSPS) is 13.1. The van der Waals surface area contributed by atoms with Crippen molar-refractivity contribution in [1.29, 1.82) is 0 Å². The van der Waals surface area contributed by atoms with Gasteiger partial charge in [-0.15, -0.1) is 0 Å². The van der Waals surface area contributed by atoms with Crippen LogP contribution in [0.25, 0.3) is 0 Å². The summed E-state index contributed by atoms with van der Waals surface area (Å²) in [7, 11) is 0. The maximum atomic E-state index is 11.9. The molecule has 1 rings (SSSR count). The third-order valence-electron chi connectivity index (χ3n) is 2.32. The summed E-state index contributed by atoms with van der Waals surface area (Å²) in [5, 5.41) is 2.46. The van der Waals surface area contributed by atoms with Crippen LogP contribution in [0.5, 0.6) is 0 Å². The first kappa shape index (κ1) is 15.5. The van der Waals surface area contributed by atoms with Crippen LogP contribution in [0.3, 0.4) is 0 Å². The number of ether oxygens (including phenoxy) is 1. The summed E-state index contributed by atoms with van der Waals surface area (Å²) in [5.41, 5.74) is 6.78. The Morgan fingerprint density at radius 2 is 1.95 bits per heavy atom. The maximum absolute atomic E-state index is 11.9. The van der Waals surface area contributed by atoms with E-state index in [1.807, 2.05) is 0 Å². The van der Waals surface area contributed by atoms with Crippen LogP contribution in [-0.2, 0) is 16.1 Å². The number of amides is 1. The molecule has 106 valence electrons. The molecule has 0 fully saturated rings. The first-order chi connectivity index (χ1) is 8.81. The number of nitrogens with one attached hydrogen (secondary N) is 1. The summed E-state index contributed by atoms with van der Waals surface area (Å²) in [5.74, 6) is -0.634. The van der Waals surface area contributed by atoms with Gasteiger partial charge in [-0.1, -0.05) is 12.1 Å². The number of carbonyl (C=O) groups excluding carboxylic acids is 1. The summed E-state index contributed by atoms with van der Waals surface area (Å²) in [4.78, 5) is 11.6. The monoisotopic (exact) mass is 276 g/mol. The molecule has 0 aromatic heterocycles. The first-order valence-electron chi connectivity index (χ1n) is 5.60. The molecule has 0 aliphatic rings. The molecule has 1 atom stereocenters. The largest absolute Gasteiger partial charge is 0.411 e. The Kier molecular flexibility index (Phi) is 5.31. The molecule has 1 aromatic rings. The molecule has 7 heteroatoms. The minimum Gasteiger partial charge on any atom is -0.359 e. The van der Waals surface area contributed by atoms with Crippen molar-refractivity contribution in [2.45, 2.75) is 25.7 Å². The van der Waals surface area contributed by atoms with Crippen molar-refractivity contribution in [3.63, 3.8) is 0 Å². The first-order valence-corrected chi connectivity index (χ1v) is 5.60. The Bertz CT molecular complexity index is 418. The molecule has 19 heavy (non-hydrogen) atoms. The highest BCUT2D eigenvalue weighted by Crippen LogP contribution is 2.16. The highest BCUT2D eigenvalue weighted by atomic mass is 19.4. The summed E-state index contributed by atoms with van der Waals surface area (Å²) in [6.45, 7) is 0.183. The minimum atomic E-state index is -4.45. The highest BCUT2D eigenvalue weighted by molar-refractivity contribution is 5.93. The van der Waals surface area contributed by atoms with Crippen molar-refractivity contribution in [1.82, 2.24) is 0 Å². The Morgan fingerprint density at radius 3 is 2.42 bits per heavy atom. The van der Waals surface area contributed by atoms with Crippen molar-refractivity contribution in [3.05, 3.63) is 29.8 Å². The van der Waals surface area contributed by atoms with Gasteiger partial charge in [0, 0.05) is 12.2 Å². The van der Waals surface area contributed by atoms with E-state index in [0.717, 1.165) is 5.56 Å². The zero-order valence-corrected chi connectivity index (χ0v) is 10.3. The second kappa shape index (κ2) is 6.53. The lowest BCUT2D eigenvalue weighted by atomic mass is 10.2. The molecule has 1 amide bonds. The number of hydrogen-bond donors (Lipinski definition) is 2. The molecule has 1 aromatic carbocycles. The molecular formula is C12H15F3N2O2. The van der Waals surface area contributed by atoms with Gasteiger partial charge in [0.25, 0.3) is 5.91 Å². The molecule has 3 N–H and O–H groups in total. The Morgan fingerprint density at radius 1 is 1.37 bits per heavy atom. The number of benzene rings is 1. The van der Waals surface area contributed by atoms with E-state index in [2.05, 4.69) is 10.1 Å². The van der Waals surface area contributed by atoms with E-state index in [9.17, 15) is 18.0 Å². The van der Waals surface area contributed by atoms with E-state index in [4.69, 9.17) is 5.73 Å². The molecular weight excluding hydrogens is 261 g/mol.